The fourth-order valence-corrected chi connectivity index (χ4v) is 16.9. The lowest BCUT2D eigenvalue weighted by molar-refractivity contribution is -0.275. The molecule has 6 aromatic rings. The van der Waals surface area contributed by atoms with Crippen molar-refractivity contribution in [2.24, 2.45) is 0 Å². The maximum Gasteiger partial charge on any atom is 0.573 e. The molecule has 23 heteroatoms. The van der Waals surface area contributed by atoms with Crippen LogP contribution >= 0.6 is 0 Å². The van der Waals surface area contributed by atoms with Gasteiger partial charge in [-0.3, -0.25) is 0 Å². The molecule has 4 aromatic carbocycles. The van der Waals surface area contributed by atoms with Crippen LogP contribution in [0.4, 0.5) is 43.9 Å². The van der Waals surface area contributed by atoms with Crippen LogP contribution in [0.5, 0.6) is 23.0 Å². The highest BCUT2D eigenvalue weighted by Gasteiger charge is 2.43. The number of ether oxygens (including phenoxy) is 4. The third kappa shape index (κ3) is 20.7. The third-order valence-corrected chi connectivity index (χ3v) is 21.9. The van der Waals surface area contributed by atoms with Gasteiger partial charge in [0.25, 0.3) is 0 Å². The number of hydrogen-bond donors (Lipinski definition) is 0. The van der Waals surface area contributed by atoms with Crippen LogP contribution in [0, 0.1) is 0 Å². The quantitative estimate of drug-likeness (QED) is 0.0166. The summed E-state index contributed by atoms with van der Waals surface area (Å²) in [5.74, 6) is -6.74. The second-order valence-corrected chi connectivity index (χ2v) is 28.2. The summed E-state index contributed by atoms with van der Waals surface area (Å²) in [7, 11) is -3.39. The standard InChI is InChI=1S/C60H72F10O11Si2/c1-7-9-11-17-41-19-25-47(53(35-41)79-59(65,66)67)49-37-43-21-23-45(39-51(43)77-55(49)71)75-31-13-27-57(61,62)29-15-33-82(5,73-3)81-83(6,74-4)34-16-30-58(63,64)28-14-32-76-46-24-22-44-38-50(56(72)78-52(44)40-46)48-26-20-42(18-12-10-8-2)36-54(48)80-60(68,69)70/h19-26,35-40H,7-18,27-34H2,1-6H3. The topological polar surface area (TPSA) is 125 Å². The van der Waals surface area contributed by atoms with Crippen LogP contribution in [0.25, 0.3) is 44.2 Å². The van der Waals surface area contributed by atoms with Crippen LogP contribution in [0.2, 0.25) is 25.2 Å². The highest BCUT2D eigenvalue weighted by Crippen LogP contribution is 2.39. The minimum atomic E-state index is -5.00. The number of aryl methyl sites for hydroxylation is 2. The lowest BCUT2D eigenvalue weighted by Crippen LogP contribution is -2.51. The molecule has 0 saturated heterocycles. The maximum absolute atomic E-state index is 15.2. The molecule has 6 rings (SSSR count). The molecule has 0 amide bonds. The Bertz CT molecular complexity index is 2980. The summed E-state index contributed by atoms with van der Waals surface area (Å²) in [5.41, 5.74) is -0.858. The minimum absolute atomic E-state index is 0.0330. The van der Waals surface area contributed by atoms with Gasteiger partial charge in [-0.15, -0.1) is 26.3 Å². The van der Waals surface area contributed by atoms with Crippen LogP contribution in [-0.4, -0.2) is 69.1 Å². The first-order valence-corrected chi connectivity index (χ1v) is 32.9. The summed E-state index contributed by atoms with van der Waals surface area (Å²) in [4.78, 5) is 26.3. The molecule has 0 N–H and O–H groups in total. The smallest absolute Gasteiger partial charge is 0.493 e. The van der Waals surface area contributed by atoms with E-state index in [0.29, 0.717) is 34.7 Å². The Balaban J connectivity index is 0.926. The van der Waals surface area contributed by atoms with Crippen molar-refractivity contribution in [2.75, 3.05) is 27.4 Å². The van der Waals surface area contributed by atoms with Crippen LogP contribution in [-0.2, 0) is 25.8 Å². The largest absolute Gasteiger partial charge is 0.573 e. The number of halogens is 10. The Morgan fingerprint density at radius 1 is 0.458 bits per heavy atom. The van der Waals surface area contributed by atoms with Gasteiger partial charge in [0.2, 0.25) is 11.8 Å². The second kappa shape index (κ2) is 29.3. The van der Waals surface area contributed by atoms with Crippen LogP contribution in [0.3, 0.4) is 0 Å². The van der Waals surface area contributed by atoms with Crippen molar-refractivity contribution in [1.29, 1.82) is 0 Å². The molecule has 0 saturated carbocycles. The Hall–Kier alpha value is -5.89. The zero-order valence-corrected chi connectivity index (χ0v) is 49.5. The van der Waals surface area contributed by atoms with E-state index in [1.807, 2.05) is 13.8 Å². The van der Waals surface area contributed by atoms with Gasteiger partial charge in [0, 0.05) is 73.9 Å². The van der Waals surface area contributed by atoms with Crippen molar-refractivity contribution in [3.8, 4) is 45.3 Å². The van der Waals surface area contributed by atoms with Gasteiger partial charge in [-0.2, -0.15) is 0 Å². The first kappa shape index (κ1) is 66.3. The summed E-state index contributed by atoms with van der Waals surface area (Å²) in [6.07, 6.45) is -5.67. The third-order valence-electron chi connectivity index (χ3n) is 14.2. The molecule has 456 valence electrons. The molecule has 2 unspecified atom stereocenters. The Morgan fingerprint density at radius 3 is 1.20 bits per heavy atom. The predicted molar refractivity (Wildman–Crippen MR) is 301 cm³/mol. The SMILES string of the molecule is CCCCCc1ccc(-c2cc3ccc(OCCCC(F)(F)CCC[Si](C)(OC)O[Si](C)(CCCC(F)(F)CCCOc4ccc5cc(-c6ccc(CCCCC)cc6OC(F)(F)F)c(=O)oc5c4)OC)cc3oc2=O)c(OC(F)(F)F)c1. The first-order chi connectivity index (χ1) is 39.1. The van der Waals surface area contributed by atoms with E-state index >= 15 is 17.6 Å². The van der Waals surface area contributed by atoms with E-state index < -0.39 is 90.1 Å². The van der Waals surface area contributed by atoms with E-state index in [1.165, 1.54) is 87.0 Å². The Labute approximate surface area is 478 Å². The predicted octanol–water partition coefficient (Wildman–Crippen LogP) is 17.8. The highest BCUT2D eigenvalue weighted by molar-refractivity contribution is 6.80. The van der Waals surface area contributed by atoms with Crippen molar-refractivity contribution in [1.82, 2.24) is 0 Å². The Kier molecular flexibility index (Phi) is 23.4. The van der Waals surface area contributed by atoms with Gasteiger partial charge in [0.15, 0.2) is 0 Å². The molecule has 2 aromatic heterocycles. The summed E-state index contributed by atoms with van der Waals surface area (Å²) < 4.78 is 190. The summed E-state index contributed by atoms with van der Waals surface area (Å²) in [5, 5.41) is 0.762. The zero-order chi connectivity index (χ0) is 60.6. The second-order valence-electron chi connectivity index (χ2n) is 21.1. The van der Waals surface area contributed by atoms with E-state index in [-0.39, 0.29) is 95.9 Å². The molecule has 0 aliphatic carbocycles. The number of hydrogen-bond acceptors (Lipinski definition) is 11. The lowest BCUT2D eigenvalue weighted by atomic mass is 10.00. The van der Waals surface area contributed by atoms with Crippen LogP contribution in [0.1, 0.15) is 115 Å². The number of alkyl halides is 10. The van der Waals surface area contributed by atoms with E-state index in [0.717, 1.165) is 38.5 Å². The lowest BCUT2D eigenvalue weighted by Gasteiger charge is -2.36. The average Bonchev–Trinajstić information content (AvgIpc) is 3.62. The zero-order valence-electron chi connectivity index (χ0n) is 47.5. The average molecular weight is 1220 g/mol. The summed E-state index contributed by atoms with van der Waals surface area (Å²) in [6, 6.07) is 20.7. The molecule has 2 atom stereocenters. The molecule has 2 heterocycles. The first-order valence-electron chi connectivity index (χ1n) is 27.9. The van der Waals surface area contributed by atoms with E-state index in [2.05, 4.69) is 9.47 Å². The molecule has 0 bridgehead atoms. The molecule has 83 heavy (non-hydrogen) atoms. The fraction of sp³-hybridized carbons (Fsp3) is 0.500. The summed E-state index contributed by atoms with van der Waals surface area (Å²) >= 11 is 0. The van der Waals surface area contributed by atoms with Gasteiger partial charge in [0.1, 0.15) is 34.2 Å². The van der Waals surface area contributed by atoms with Gasteiger partial charge in [-0.05, 0) is 136 Å². The van der Waals surface area contributed by atoms with Gasteiger partial charge in [0.05, 0.1) is 24.3 Å². The van der Waals surface area contributed by atoms with Crippen LogP contribution in [0.15, 0.2) is 103 Å². The summed E-state index contributed by atoms with van der Waals surface area (Å²) in [6.45, 7) is 7.26. The molecular formula is C60H72F10O11Si2. The van der Waals surface area contributed by atoms with Gasteiger partial charge >= 0.3 is 41.1 Å². The maximum atomic E-state index is 15.2. The molecule has 0 aliphatic rings. The number of rotatable bonds is 34. The molecule has 0 radical (unpaired) electrons. The molecular weight excluding hydrogens is 1140 g/mol. The van der Waals surface area contributed by atoms with E-state index in [4.69, 9.17) is 31.3 Å². The van der Waals surface area contributed by atoms with Crippen molar-refractivity contribution in [2.45, 2.75) is 166 Å². The van der Waals surface area contributed by atoms with E-state index in [1.54, 1.807) is 25.2 Å². The van der Waals surface area contributed by atoms with Gasteiger partial charge in [-0.25, -0.2) is 27.2 Å². The van der Waals surface area contributed by atoms with Gasteiger partial charge < -0.3 is 40.7 Å². The molecule has 0 spiro atoms. The van der Waals surface area contributed by atoms with E-state index in [9.17, 15) is 35.9 Å². The van der Waals surface area contributed by atoms with Gasteiger partial charge in [-0.1, -0.05) is 63.8 Å². The number of benzene rings is 4. The molecule has 11 nitrogen and oxygen atoms in total. The minimum Gasteiger partial charge on any atom is -0.493 e. The normalized spacial score (nSPS) is 14.0. The fourth-order valence-electron chi connectivity index (χ4n) is 9.68. The van der Waals surface area contributed by atoms with Crippen molar-refractivity contribution in [3.05, 3.63) is 117 Å². The van der Waals surface area contributed by atoms with Crippen LogP contribution < -0.4 is 30.2 Å². The molecule has 0 fully saturated rings. The Morgan fingerprint density at radius 2 is 0.843 bits per heavy atom. The van der Waals surface area contributed by atoms with Crippen molar-refractivity contribution >= 4 is 39.1 Å². The van der Waals surface area contributed by atoms with Crippen molar-refractivity contribution < 1.29 is 84.7 Å². The number of unbranched alkanes of at least 4 members (excludes halogenated alkanes) is 4. The van der Waals surface area contributed by atoms with Crippen molar-refractivity contribution in [3.63, 3.8) is 0 Å². The number of fused-ring (bicyclic) bond motifs is 2. The molecule has 0 aliphatic heterocycles. The highest BCUT2D eigenvalue weighted by atomic mass is 28.5. The monoisotopic (exact) mass is 1210 g/mol.